The standard InChI is InChI=1S/C21H28FN5O3/c1-12(2)27-18-9-16(22)17(24-20(29)25-7-3-4-14(23)11-25)8-15(18)19(28)26(21(27)30)10-13-5-6-13/h8-9,12-14H,3-7,10-11,23H2,1-2H3,(H,24,29)/t14-/m1/s1. The molecule has 2 aromatic rings. The molecule has 2 aliphatic rings. The molecule has 1 aliphatic carbocycles. The van der Waals surface area contributed by atoms with Crippen molar-refractivity contribution < 1.29 is 9.18 Å². The molecule has 0 spiro atoms. The van der Waals surface area contributed by atoms with Crippen molar-refractivity contribution >= 4 is 22.6 Å². The number of rotatable bonds is 4. The molecule has 1 saturated heterocycles. The van der Waals surface area contributed by atoms with E-state index in [9.17, 15) is 18.8 Å². The van der Waals surface area contributed by atoms with Crippen LogP contribution in [0.5, 0.6) is 0 Å². The number of likely N-dealkylation sites (tertiary alicyclic amines) is 1. The van der Waals surface area contributed by atoms with Gasteiger partial charge in [-0.05, 0) is 51.5 Å². The Morgan fingerprint density at radius 1 is 1.27 bits per heavy atom. The smallest absolute Gasteiger partial charge is 0.326 e. The molecular formula is C21H28FN5O3. The SMILES string of the molecule is CC(C)n1c(=O)n(CC2CC2)c(=O)c2cc(NC(=O)N3CCC[C@@H](N)C3)c(F)cc21. The Labute approximate surface area is 173 Å². The number of anilines is 1. The minimum atomic E-state index is -0.690. The van der Waals surface area contributed by atoms with Crippen LogP contribution in [0.4, 0.5) is 14.9 Å². The van der Waals surface area contributed by atoms with E-state index in [0.717, 1.165) is 31.7 Å². The number of hydrogen-bond acceptors (Lipinski definition) is 4. The highest BCUT2D eigenvalue weighted by molar-refractivity contribution is 5.93. The fourth-order valence-corrected chi connectivity index (χ4v) is 4.10. The molecule has 2 heterocycles. The number of hydrogen-bond donors (Lipinski definition) is 2. The van der Waals surface area contributed by atoms with E-state index >= 15 is 0 Å². The van der Waals surface area contributed by atoms with Crippen LogP contribution >= 0.6 is 0 Å². The van der Waals surface area contributed by atoms with Crippen LogP contribution in [-0.2, 0) is 6.54 Å². The molecule has 4 rings (SSSR count). The van der Waals surface area contributed by atoms with Gasteiger partial charge in [-0.15, -0.1) is 0 Å². The van der Waals surface area contributed by atoms with E-state index in [0.29, 0.717) is 25.6 Å². The van der Waals surface area contributed by atoms with Gasteiger partial charge >= 0.3 is 11.7 Å². The van der Waals surface area contributed by atoms with Crippen molar-refractivity contribution in [3.05, 3.63) is 38.8 Å². The maximum absolute atomic E-state index is 14.9. The van der Waals surface area contributed by atoms with E-state index in [-0.39, 0.29) is 28.7 Å². The first kappa shape index (κ1) is 20.6. The van der Waals surface area contributed by atoms with Crippen LogP contribution in [0, 0.1) is 11.7 Å². The van der Waals surface area contributed by atoms with Gasteiger partial charge in [-0.3, -0.25) is 13.9 Å². The lowest BCUT2D eigenvalue weighted by Crippen LogP contribution is -2.47. The third-order valence-corrected chi connectivity index (χ3v) is 5.90. The highest BCUT2D eigenvalue weighted by Gasteiger charge is 2.26. The summed E-state index contributed by atoms with van der Waals surface area (Å²) >= 11 is 0. The highest BCUT2D eigenvalue weighted by Crippen LogP contribution is 2.30. The van der Waals surface area contributed by atoms with Gasteiger partial charge in [0.1, 0.15) is 5.82 Å². The minimum absolute atomic E-state index is 0.0735. The third-order valence-electron chi connectivity index (χ3n) is 5.90. The maximum Gasteiger partial charge on any atom is 0.331 e. The monoisotopic (exact) mass is 417 g/mol. The molecule has 1 saturated carbocycles. The number of nitrogens with zero attached hydrogens (tertiary/aromatic N) is 3. The van der Waals surface area contributed by atoms with Crippen LogP contribution in [0.1, 0.15) is 45.6 Å². The van der Waals surface area contributed by atoms with E-state index in [1.807, 2.05) is 13.8 Å². The van der Waals surface area contributed by atoms with E-state index in [1.165, 1.54) is 15.2 Å². The molecule has 1 aromatic carbocycles. The van der Waals surface area contributed by atoms with Gasteiger partial charge in [-0.2, -0.15) is 0 Å². The summed E-state index contributed by atoms with van der Waals surface area (Å²) in [6, 6.07) is 1.72. The predicted octanol–water partition coefficient (Wildman–Crippen LogP) is 2.25. The lowest BCUT2D eigenvalue weighted by molar-refractivity contribution is 0.193. The fourth-order valence-electron chi connectivity index (χ4n) is 4.10. The van der Waals surface area contributed by atoms with Gasteiger partial charge in [0.2, 0.25) is 0 Å². The molecule has 0 bridgehead atoms. The Morgan fingerprint density at radius 2 is 2.00 bits per heavy atom. The quantitative estimate of drug-likeness (QED) is 0.796. The highest BCUT2D eigenvalue weighted by atomic mass is 19.1. The second kappa shape index (κ2) is 7.86. The number of nitrogens with one attached hydrogen (secondary N) is 1. The molecule has 2 fully saturated rings. The zero-order valence-electron chi connectivity index (χ0n) is 17.4. The van der Waals surface area contributed by atoms with Gasteiger partial charge in [0, 0.05) is 37.8 Å². The van der Waals surface area contributed by atoms with Gasteiger partial charge < -0.3 is 16.0 Å². The third kappa shape index (κ3) is 3.86. The normalized spacial score (nSPS) is 19.5. The fraction of sp³-hybridized carbons (Fsp3) is 0.571. The Bertz CT molecular complexity index is 1100. The average molecular weight is 417 g/mol. The van der Waals surface area contributed by atoms with E-state index in [4.69, 9.17) is 5.73 Å². The van der Waals surface area contributed by atoms with Gasteiger partial charge in [0.15, 0.2) is 0 Å². The van der Waals surface area contributed by atoms with E-state index < -0.39 is 23.1 Å². The van der Waals surface area contributed by atoms with Crippen molar-refractivity contribution in [2.45, 2.75) is 58.2 Å². The zero-order chi connectivity index (χ0) is 21.6. The summed E-state index contributed by atoms with van der Waals surface area (Å²) in [6.07, 6.45) is 3.63. The summed E-state index contributed by atoms with van der Waals surface area (Å²) in [5.74, 6) is -0.360. The molecule has 1 aromatic heterocycles. The Kier molecular flexibility index (Phi) is 5.40. The summed E-state index contributed by atoms with van der Waals surface area (Å²) in [6.45, 7) is 4.96. The molecule has 3 N–H and O–H groups in total. The van der Waals surface area contributed by atoms with Crippen LogP contribution in [-0.4, -0.2) is 39.2 Å². The zero-order valence-corrected chi connectivity index (χ0v) is 17.4. The minimum Gasteiger partial charge on any atom is -0.326 e. The van der Waals surface area contributed by atoms with Crippen molar-refractivity contribution in [1.29, 1.82) is 0 Å². The molecule has 0 unspecified atom stereocenters. The van der Waals surface area contributed by atoms with Crippen molar-refractivity contribution in [3.8, 4) is 0 Å². The van der Waals surface area contributed by atoms with Gasteiger partial charge in [-0.1, -0.05) is 0 Å². The largest absolute Gasteiger partial charge is 0.331 e. The summed E-state index contributed by atoms with van der Waals surface area (Å²) in [7, 11) is 0. The number of amides is 2. The number of piperidine rings is 1. The summed E-state index contributed by atoms with van der Waals surface area (Å²) in [5, 5.41) is 2.80. The van der Waals surface area contributed by atoms with Crippen molar-refractivity contribution in [2.75, 3.05) is 18.4 Å². The van der Waals surface area contributed by atoms with Gasteiger partial charge in [0.05, 0.1) is 16.6 Å². The number of carbonyl (C=O) groups is 1. The van der Waals surface area contributed by atoms with Crippen molar-refractivity contribution in [1.82, 2.24) is 14.0 Å². The maximum atomic E-state index is 14.9. The predicted molar refractivity (Wildman–Crippen MR) is 113 cm³/mol. The van der Waals surface area contributed by atoms with E-state index in [2.05, 4.69) is 5.32 Å². The summed E-state index contributed by atoms with van der Waals surface area (Å²) in [5.41, 5.74) is 5.22. The number of aromatic nitrogens is 2. The first-order valence-electron chi connectivity index (χ1n) is 10.6. The Hall–Kier alpha value is -2.68. The van der Waals surface area contributed by atoms with Crippen LogP contribution < -0.4 is 22.3 Å². The molecule has 30 heavy (non-hydrogen) atoms. The lowest BCUT2D eigenvalue weighted by Gasteiger charge is -2.30. The van der Waals surface area contributed by atoms with Crippen molar-refractivity contribution in [3.63, 3.8) is 0 Å². The first-order valence-corrected chi connectivity index (χ1v) is 10.6. The molecule has 2 amide bonds. The van der Waals surface area contributed by atoms with Crippen LogP contribution in [0.15, 0.2) is 21.7 Å². The van der Waals surface area contributed by atoms with Crippen LogP contribution in [0.2, 0.25) is 0 Å². The Balaban J connectivity index is 1.77. The number of urea groups is 1. The summed E-state index contributed by atoms with van der Waals surface area (Å²) in [4.78, 5) is 40.1. The Morgan fingerprint density at radius 3 is 2.63 bits per heavy atom. The summed E-state index contributed by atoms with van der Waals surface area (Å²) < 4.78 is 17.6. The molecule has 162 valence electrons. The number of benzene rings is 1. The lowest BCUT2D eigenvalue weighted by atomic mass is 10.1. The van der Waals surface area contributed by atoms with Crippen LogP contribution in [0.3, 0.4) is 0 Å². The average Bonchev–Trinajstić information content (AvgIpc) is 3.50. The number of fused-ring (bicyclic) bond motifs is 1. The molecular weight excluding hydrogens is 389 g/mol. The molecule has 0 radical (unpaired) electrons. The topological polar surface area (TPSA) is 102 Å². The second-order valence-corrected chi connectivity index (χ2v) is 8.73. The van der Waals surface area contributed by atoms with Gasteiger partial charge in [0.25, 0.3) is 5.56 Å². The second-order valence-electron chi connectivity index (χ2n) is 8.73. The number of carbonyl (C=O) groups excluding carboxylic acids is 1. The van der Waals surface area contributed by atoms with E-state index in [1.54, 1.807) is 4.90 Å². The van der Waals surface area contributed by atoms with Crippen molar-refractivity contribution in [2.24, 2.45) is 11.7 Å². The molecule has 1 aliphatic heterocycles. The number of nitrogens with two attached hydrogens (primary N) is 1. The van der Waals surface area contributed by atoms with Gasteiger partial charge in [-0.25, -0.2) is 14.0 Å². The van der Waals surface area contributed by atoms with Crippen LogP contribution in [0.25, 0.3) is 10.9 Å². The molecule has 8 nitrogen and oxygen atoms in total. The molecule has 9 heteroatoms. The number of halogens is 1. The first-order chi connectivity index (χ1) is 14.3. The molecule has 1 atom stereocenters.